The lowest BCUT2D eigenvalue weighted by atomic mass is 10.4. The van der Waals surface area contributed by atoms with Crippen LogP contribution in [0.3, 0.4) is 0 Å². The Morgan fingerprint density at radius 1 is 0.850 bits per heavy atom. The van der Waals surface area contributed by atoms with E-state index < -0.39 is 11.9 Å². The number of hydrogen-bond donors (Lipinski definition) is 2. The molecule has 0 aromatic heterocycles. The van der Waals surface area contributed by atoms with Crippen molar-refractivity contribution >= 4 is 11.9 Å². The van der Waals surface area contributed by atoms with E-state index in [2.05, 4.69) is 0 Å². The number of carbonyl (C=O) groups is 2. The molecule has 8 heteroatoms. The van der Waals surface area contributed by atoms with E-state index in [9.17, 15) is 9.59 Å². The lowest BCUT2D eigenvalue weighted by Crippen LogP contribution is -2.37. The molecule has 0 radical (unpaired) electrons. The van der Waals surface area contributed by atoms with Crippen LogP contribution in [0.5, 0.6) is 0 Å². The molecular formula is C12H24N2O6. The number of nitrogens with zero attached hydrogens (tertiary/aromatic N) is 2. The average Bonchev–Trinajstić information content (AvgIpc) is 2.30. The van der Waals surface area contributed by atoms with Gasteiger partial charge in [0, 0.05) is 13.1 Å². The topological polar surface area (TPSA) is 99.5 Å². The van der Waals surface area contributed by atoms with Crippen molar-refractivity contribution in [3.63, 3.8) is 0 Å². The molecule has 0 rings (SSSR count). The van der Waals surface area contributed by atoms with Gasteiger partial charge in [0.15, 0.2) is 0 Å². The minimum atomic E-state index is -1.06. The largest absolute Gasteiger partial charge is 0.480 e. The van der Waals surface area contributed by atoms with E-state index >= 15 is 0 Å². The van der Waals surface area contributed by atoms with Crippen LogP contribution in [-0.2, 0) is 19.1 Å². The van der Waals surface area contributed by atoms with Crippen LogP contribution in [0, 0.1) is 0 Å². The number of likely N-dealkylation sites (N-methyl/N-ethyl adjacent to an activating group) is 1. The highest BCUT2D eigenvalue weighted by atomic mass is 16.5. The summed E-state index contributed by atoms with van der Waals surface area (Å²) in [6, 6.07) is 0. The fourth-order valence-corrected chi connectivity index (χ4v) is 1.36. The summed E-state index contributed by atoms with van der Waals surface area (Å²) in [5, 5.41) is 17.3. The zero-order chi connectivity index (χ0) is 15.4. The van der Waals surface area contributed by atoms with Gasteiger partial charge in [0.05, 0.1) is 39.5 Å². The first kappa shape index (κ1) is 18.8. The third-order valence-electron chi connectivity index (χ3n) is 2.32. The van der Waals surface area contributed by atoms with Crippen LogP contribution in [0.25, 0.3) is 0 Å². The summed E-state index contributed by atoms with van der Waals surface area (Å²) < 4.78 is 10.6. The molecule has 0 saturated heterocycles. The molecule has 0 aliphatic heterocycles. The minimum absolute atomic E-state index is 0.260. The van der Waals surface area contributed by atoms with E-state index in [1.807, 2.05) is 19.0 Å². The molecule has 0 bridgehead atoms. The zero-order valence-electron chi connectivity index (χ0n) is 12.1. The molecule has 0 heterocycles. The van der Waals surface area contributed by atoms with Crippen LogP contribution in [0.4, 0.5) is 0 Å². The van der Waals surface area contributed by atoms with Gasteiger partial charge in [-0.1, -0.05) is 0 Å². The molecule has 0 aromatic rings. The van der Waals surface area contributed by atoms with Gasteiger partial charge in [-0.25, -0.2) is 0 Å². The quantitative estimate of drug-likeness (QED) is 0.419. The van der Waals surface area contributed by atoms with E-state index in [1.54, 1.807) is 0 Å². The summed E-state index contributed by atoms with van der Waals surface area (Å²) in [6.45, 7) is 2.25. The second-order valence-corrected chi connectivity index (χ2v) is 4.53. The van der Waals surface area contributed by atoms with Gasteiger partial charge in [-0.15, -0.1) is 0 Å². The van der Waals surface area contributed by atoms with Crippen molar-refractivity contribution in [3.8, 4) is 0 Å². The van der Waals surface area contributed by atoms with Gasteiger partial charge < -0.3 is 24.6 Å². The van der Waals surface area contributed by atoms with Crippen molar-refractivity contribution in [3.05, 3.63) is 0 Å². The Bertz CT molecular complexity index is 269. The first-order chi connectivity index (χ1) is 9.41. The smallest absolute Gasteiger partial charge is 0.317 e. The Hall–Kier alpha value is -1.22. The maximum Gasteiger partial charge on any atom is 0.317 e. The summed E-state index contributed by atoms with van der Waals surface area (Å²) in [5.41, 5.74) is 0. The summed E-state index contributed by atoms with van der Waals surface area (Å²) in [5.74, 6) is -2.11. The normalized spacial score (nSPS) is 11.2. The standard InChI is InChI=1S/C12H24N2O6/c1-13(2)3-5-19-7-8-20-6-4-14(9-11(15)16)10-12(17)18/h3-10H2,1-2H3,(H,15,16)(H,17,18). The van der Waals surface area contributed by atoms with Crippen LogP contribution in [0.15, 0.2) is 0 Å². The predicted molar refractivity (Wildman–Crippen MR) is 71.9 cm³/mol. The second kappa shape index (κ2) is 11.6. The number of carboxylic acids is 2. The zero-order valence-corrected chi connectivity index (χ0v) is 12.1. The molecule has 2 N–H and O–H groups in total. The van der Waals surface area contributed by atoms with E-state index in [0.29, 0.717) is 19.8 Å². The Morgan fingerprint density at radius 2 is 1.30 bits per heavy atom. The third kappa shape index (κ3) is 13.2. The van der Waals surface area contributed by atoms with Crippen LogP contribution in [-0.4, -0.2) is 98.7 Å². The fraction of sp³-hybridized carbons (Fsp3) is 0.833. The van der Waals surface area contributed by atoms with Crippen LogP contribution in [0.2, 0.25) is 0 Å². The highest BCUT2D eigenvalue weighted by Gasteiger charge is 2.12. The van der Waals surface area contributed by atoms with Crippen LogP contribution < -0.4 is 0 Å². The Morgan fingerprint density at radius 3 is 1.70 bits per heavy atom. The van der Waals surface area contributed by atoms with Crippen molar-refractivity contribution in [1.82, 2.24) is 9.80 Å². The van der Waals surface area contributed by atoms with Crippen molar-refractivity contribution < 1.29 is 29.3 Å². The summed E-state index contributed by atoms with van der Waals surface area (Å²) in [6.07, 6.45) is 0. The van der Waals surface area contributed by atoms with Gasteiger partial charge >= 0.3 is 11.9 Å². The second-order valence-electron chi connectivity index (χ2n) is 4.53. The van der Waals surface area contributed by atoms with Crippen LogP contribution in [0.1, 0.15) is 0 Å². The average molecular weight is 292 g/mol. The molecule has 0 spiro atoms. The molecule has 0 aliphatic carbocycles. The van der Waals surface area contributed by atoms with E-state index in [1.165, 1.54) is 4.90 Å². The highest BCUT2D eigenvalue weighted by molar-refractivity contribution is 5.72. The lowest BCUT2D eigenvalue weighted by molar-refractivity contribution is -0.142. The summed E-state index contributed by atoms with van der Waals surface area (Å²) in [7, 11) is 3.92. The van der Waals surface area contributed by atoms with Gasteiger partial charge in [-0.05, 0) is 14.1 Å². The van der Waals surface area contributed by atoms with Gasteiger partial charge in [0.25, 0.3) is 0 Å². The Balaban J connectivity index is 3.57. The Labute approximate surface area is 118 Å². The molecule has 0 aliphatic rings. The minimum Gasteiger partial charge on any atom is -0.480 e. The molecule has 0 aromatic carbocycles. The molecule has 0 saturated carbocycles. The maximum absolute atomic E-state index is 10.6. The number of ether oxygens (including phenoxy) is 2. The lowest BCUT2D eigenvalue weighted by Gasteiger charge is -2.17. The third-order valence-corrected chi connectivity index (χ3v) is 2.32. The Kier molecular flexibility index (Phi) is 10.9. The highest BCUT2D eigenvalue weighted by Crippen LogP contribution is 1.90. The van der Waals surface area contributed by atoms with Gasteiger partial charge in [-0.2, -0.15) is 0 Å². The molecule has 118 valence electrons. The molecule has 0 fully saturated rings. The first-order valence-electron chi connectivity index (χ1n) is 6.38. The fourth-order valence-electron chi connectivity index (χ4n) is 1.36. The monoisotopic (exact) mass is 292 g/mol. The SMILES string of the molecule is CN(C)CCOCCOCCN(CC(=O)O)CC(=O)O. The molecule has 0 amide bonds. The molecule has 0 unspecified atom stereocenters. The molecular weight excluding hydrogens is 268 g/mol. The number of rotatable bonds is 13. The van der Waals surface area contributed by atoms with Crippen molar-refractivity contribution in [2.45, 2.75) is 0 Å². The maximum atomic E-state index is 10.6. The van der Waals surface area contributed by atoms with E-state index in [4.69, 9.17) is 19.7 Å². The number of hydrogen-bond acceptors (Lipinski definition) is 6. The van der Waals surface area contributed by atoms with Crippen molar-refractivity contribution in [2.75, 3.05) is 66.7 Å². The van der Waals surface area contributed by atoms with Crippen molar-refractivity contribution in [1.29, 1.82) is 0 Å². The van der Waals surface area contributed by atoms with Crippen molar-refractivity contribution in [2.24, 2.45) is 0 Å². The molecule has 20 heavy (non-hydrogen) atoms. The molecule has 0 atom stereocenters. The predicted octanol–water partition coefficient (Wildman–Crippen LogP) is -0.948. The van der Waals surface area contributed by atoms with Gasteiger partial charge in [0.1, 0.15) is 0 Å². The summed E-state index contributed by atoms with van der Waals surface area (Å²) in [4.78, 5) is 24.4. The van der Waals surface area contributed by atoms with E-state index in [0.717, 1.165) is 6.54 Å². The number of aliphatic carboxylic acids is 2. The number of carboxylic acid groups (broad SMARTS) is 2. The van der Waals surface area contributed by atoms with Gasteiger partial charge in [0.2, 0.25) is 0 Å². The van der Waals surface area contributed by atoms with E-state index in [-0.39, 0.29) is 26.2 Å². The molecule has 8 nitrogen and oxygen atoms in total. The van der Waals surface area contributed by atoms with Crippen LogP contribution >= 0.6 is 0 Å². The first-order valence-corrected chi connectivity index (χ1v) is 6.38. The summed E-state index contributed by atoms with van der Waals surface area (Å²) >= 11 is 0. The van der Waals surface area contributed by atoms with Gasteiger partial charge in [-0.3, -0.25) is 14.5 Å².